The molecule has 0 aliphatic heterocycles. The molecule has 0 spiro atoms. The predicted octanol–water partition coefficient (Wildman–Crippen LogP) is 4.65. The molecule has 1 amide bonds. The van der Waals surface area contributed by atoms with Crippen molar-refractivity contribution in [3.8, 4) is 5.69 Å². The average molecular weight is 399 g/mol. The van der Waals surface area contributed by atoms with Crippen LogP contribution in [0.15, 0.2) is 52.5 Å². The minimum absolute atomic E-state index is 0.0605. The SMILES string of the molecule is CSc1ccccc1NC(=O)CSc1nnc(C)n1-c1cc(C)ccc1C. The van der Waals surface area contributed by atoms with Crippen molar-refractivity contribution in [1.82, 2.24) is 14.8 Å². The molecule has 0 unspecified atom stereocenters. The molecule has 0 aliphatic carbocycles. The standard InChI is InChI=1S/C20H22N4OS2/c1-13-9-10-14(2)17(11-13)24-15(3)22-23-20(24)27-12-19(25)21-16-7-5-6-8-18(16)26-4/h5-11H,12H2,1-4H3,(H,21,25). The van der Waals surface area contributed by atoms with Crippen LogP contribution in [-0.2, 0) is 4.79 Å². The van der Waals surface area contributed by atoms with Crippen LogP contribution >= 0.6 is 23.5 Å². The molecule has 0 bridgehead atoms. The Labute approximate surface area is 168 Å². The second kappa shape index (κ2) is 8.63. The highest BCUT2D eigenvalue weighted by Crippen LogP contribution is 2.27. The number of carbonyl (C=O) groups is 1. The maximum absolute atomic E-state index is 12.4. The van der Waals surface area contributed by atoms with Gasteiger partial charge in [0.15, 0.2) is 5.16 Å². The number of benzene rings is 2. The Bertz CT molecular complexity index is 968. The minimum Gasteiger partial charge on any atom is -0.324 e. The van der Waals surface area contributed by atoms with Crippen molar-refractivity contribution in [3.63, 3.8) is 0 Å². The monoisotopic (exact) mass is 398 g/mol. The first-order valence-corrected chi connectivity index (χ1v) is 10.8. The van der Waals surface area contributed by atoms with Crippen LogP contribution in [0.1, 0.15) is 17.0 Å². The third kappa shape index (κ3) is 4.54. The number of para-hydroxylation sites is 1. The lowest BCUT2D eigenvalue weighted by Crippen LogP contribution is -2.15. The lowest BCUT2D eigenvalue weighted by Gasteiger charge is -2.12. The van der Waals surface area contributed by atoms with Crippen LogP contribution in [0.4, 0.5) is 5.69 Å². The summed E-state index contributed by atoms with van der Waals surface area (Å²) in [5.74, 6) is 1.01. The van der Waals surface area contributed by atoms with E-state index in [1.807, 2.05) is 42.0 Å². The first kappa shape index (κ1) is 19.5. The van der Waals surface area contributed by atoms with Gasteiger partial charge in [-0.2, -0.15) is 0 Å². The number of aryl methyl sites for hydroxylation is 3. The van der Waals surface area contributed by atoms with E-state index in [4.69, 9.17) is 0 Å². The Morgan fingerprint density at radius 3 is 2.67 bits per heavy atom. The van der Waals surface area contributed by atoms with E-state index >= 15 is 0 Å². The van der Waals surface area contributed by atoms with E-state index in [0.717, 1.165) is 32.8 Å². The van der Waals surface area contributed by atoms with Crippen LogP contribution in [0.3, 0.4) is 0 Å². The Kier molecular flexibility index (Phi) is 6.23. The molecule has 7 heteroatoms. The van der Waals surface area contributed by atoms with Crippen molar-refractivity contribution in [2.45, 2.75) is 30.8 Å². The molecule has 2 aromatic carbocycles. The van der Waals surface area contributed by atoms with Gasteiger partial charge in [0.05, 0.1) is 17.1 Å². The van der Waals surface area contributed by atoms with Crippen molar-refractivity contribution < 1.29 is 4.79 Å². The number of carbonyl (C=O) groups excluding carboxylic acids is 1. The van der Waals surface area contributed by atoms with Gasteiger partial charge in [-0.15, -0.1) is 22.0 Å². The van der Waals surface area contributed by atoms with E-state index < -0.39 is 0 Å². The molecule has 27 heavy (non-hydrogen) atoms. The summed E-state index contributed by atoms with van der Waals surface area (Å²) in [6, 6.07) is 14.1. The summed E-state index contributed by atoms with van der Waals surface area (Å²) in [4.78, 5) is 13.5. The second-order valence-corrected chi connectivity index (χ2v) is 7.98. The third-order valence-corrected chi connectivity index (χ3v) is 5.84. The molecule has 140 valence electrons. The van der Waals surface area contributed by atoms with Gasteiger partial charge in [0.1, 0.15) is 5.82 Å². The molecule has 0 fully saturated rings. The summed E-state index contributed by atoms with van der Waals surface area (Å²) < 4.78 is 2.01. The number of nitrogens with one attached hydrogen (secondary N) is 1. The van der Waals surface area contributed by atoms with Gasteiger partial charge in [-0.05, 0) is 56.4 Å². The lowest BCUT2D eigenvalue weighted by atomic mass is 10.1. The van der Waals surface area contributed by atoms with Gasteiger partial charge in [0.25, 0.3) is 0 Å². The van der Waals surface area contributed by atoms with Gasteiger partial charge >= 0.3 is 0 Å². The Morgan fingerprint density at radius 2 is 1.89 bits per heavy atom. The van der Waals surface area contributed by atoms with Crippen LogP contribution in [0, 0.1) is 20.8 Å². The van der Waals surface area contributed by atoms with E-state index in [-0.39, 0.29) is 11.7 Å². The summed E-state index contributed by atoms with van der Waals surface area (Å²) in [6.07, 6.45) is 2.00. The largest absolute Gasteiger partial charge is 0.324 e. The number of rotatable bonds is 6. The highest BCUT2D eigenvalue weighted by Gasteiger charge is 2.15. The van der Waals surface area contributed by atoms with Gasteiger partial charge in [-0.1, -0.05) is 36.0 Å². The molecular weight excluding hydrogens is 376 g/mol. The number of thioether (sulfide) groups is 2. The van der Waals surface area contributed by atoms with Crippen LogP contribution in [0.2, 0.25) is 0 Å². The predicted molar refractivity (Wildman–Crippen MR) is 113 cm³/mol. The van der Waals surface area contributed by atoms with Crippen LogP contribution < -0.4 is 5.32 Å². The summed E-state index contributed by atoms with van der Waals surface area (Å²) in [5.41, 5.74) is 4.20. The Hall–Kier alpha value is -2.25. The van der Waals surface area contributed by atoms with Crippen LogP contribution in [0.5, 0.6) is 0 Å². The highest BCUT2D eigenvalue weighted by atomic mass is 32.2. The molecule has 5 nitrogen and oxygen atoms in total. The molecule has 0 saturated carbocycles. The van der Waals surface area contributed by atoms with E-state index in [1.54, 1.807) is 11.8 Å². The van der Waals surface area contributed by atoms with E-state index in [2.05, 4.69) is 47.6 Å². The number of amides is 1. The molecule has 1 aromatic heterocycles. The zero-order valence-corrected chi connectivity index (χ0v) is 17.4. The van der Waals surface area contributed by atoms with E-state index in [0.29, 0.717) is 0 Å². The van der Waals surface area contributed by atoms with Crippen molar-refractivity contribution in [2.24, 2.45) is 0 Å². The van der Waals surface area contributed by atoms with Gasteiger partial charge in [0, 0.05) is 4.90 Å². The molecule has 3 aromatic rings. The first-order chi connectivity index (χ1) is 13.0. The highest BCUT2D eigenvalue weighted by molar-refractivity contribution is 7.99. The van der Waals surface area contributed by atoms with Crippen molar-refractivity contribution in [3.05, 3.63) is 59.4 Å². The fourth-order valence-electron chi connectivity index (χ4n) is 2.74. The maximum atomic E-state index is 12.4. The Balaban J connectivity index is 1.76. The topological polar surface area (TPSA) is 59.8 Å². The molecule has 0 saturated heterocycles. The van der Waals surface area contributed by atoms with Gasteiger partial charge in [-0.25, -0.2) is 0 Å². The maximum Gasteiger partial charge on any atom is 0.234 e. The van der Waals surface area contributed by atoms with Crippen molar-refractivity contribution >= 4 is 35.1 Å². The molecule has 0 radical (unpaired) electrons. The Morgan fingerprint density at radius 1 is 1.11 bits per heavy atom. The molecule has 1 heterocycles. The summed E-state index contributed by atoms with van der Waals surface area (Å²) in [5, 5.41) is 12.2. The van der Waals surface area contributed by atoms with E-state index in [9.17, 15) is 4.79 Å². The van der Waals surface area contributed by atoms with Crippen LogP contribution in [-0.4, -0.2) is 32.7 Å². The van der Waals surface area contributed by atoms with Gasteiger partial charge in [-0.3, -0.25) is 9.36 Å². The zero-order chi connectivity index (χ0) is 19.4. The number of aromatic nitrogens is 3. The quantitative estimate of drug-likeness (QED) is 0.613. The van der Waals surface area contributed by atoms with Crippen LogP contribution in [0.25, 0.3) is 5.69 Å². The van der Waals surface area contributed by atoms with Crippen molar-refractivity contribution in [2.75, 3.05) is 17.3 Å². The molecular formula is C20H22N4OS2. The average Bonchev–Trinajstić information content (AvgIpc) is 3.03. The molecule has 0 atom stereocenters. The fraction of sp³-hybridized carbons (Fsp3) is 0.250. The zero-order valence-electron chi connectivity index (χ0n) is 15.8. The normalized spacial score (nSPS) is 10.8. The number of nitrogens with zero attached hydrogens (tertiary/aromatic N) is 3. The first-order valence-electron chi connectivity index (χ1n) is 8.55. The third-order valence-electron chi connectivity index (χ3n) is 4.11. The minimum atomic E-state index is -0.0605. The molecule has 3 rings (SSSR count). The summed E-state index contributed by atoms with van der Waals surface area (Å²) in [7, 11) is 0. The fourth-order valence-corrected chi connectivity index (χ4v) is 4.08. The van der Waals surface area contributed by atoms with E-state index in [1.165, 1.54) is 17.3 Å². The lowest BCUT2D eigenvalue weighted by molar-refractivity contribution is -0.113. The number of anilines is 1. The number of hydrogen-bond acceptors (Lipinski definition) is 5. The summed E-state index contributed by atoms with van der Waals surface area (Å²) in [6.45, 7) is 6.05. The molecule has 0 aliphatic rings. The second-order valence-electron chi connectivity index (χ2n) is 6.19. The molecule has 1 N–H and O–H groups in total. The van der Waals surface area contributed by atoms with Crippen molar-refractivity contribution in [1.29, 1.82) is 0 Å². The number of hydrogen-bond donors (Lipinski definition) is 1. The smallest absolute Gasteiger partial charge is 0.234 e. The summed E-state index contributed by atoms with van der Waals surface area (Å²) >= 11 is 3.00. The van der Waals surface area contributed by atoms with Gasteiger partial charge in [0.2, 0.25) is 5.91 Å². The van der Waals surface area contributed by atoms with Gasteiger partial charge < -0.3 is 5.32 Å².